The number of amides is 1. The second kappa shape index (κ2) is 13.2. The Kier molecular flexibility index (Phi) is 9.73. The molecule has 0 aliphatic heterocycles. The third kappa shape index (κ3) is 7.87. The topological polar surface area (TPSA) is 129 Å². The van der Waals surface area contributed by atoms with Gasteiger partial charge in [0.05, 0.1) is 23.3 Å². The fourth-order valence-electron chi connectivity index (χ4n) is 2.99. The van der Waals surface area contributed by atoms with Crippen LogP contribution < -0.4 is 19.6 Å². The van der Waals surface area contributed by atoms with Gasteiger partial charge in [-0.05, 0) is 61.9 Å². The Bertz CT molecular complexity index is 1300. The summed E-state index contributed by atoms with van der Waals surface area (Å²) in [4.78, 5) is 35.6. The monoisotopic (exact) mass is 569 g/mol. The van der Waals surface area contributed by atoms with E-state index in [9.17, 15) is 19.7 Å². The lowest BCUT2D eigenvalue weighted by atomic mass is 10.2. The van der Waals surface area contributed by atoms with Crippen molar-refractivity contribution in [2.45, 2.75) is 26.4 Å². The molecule has 0 bridgehead atoms. The smallest absolute Gasteiger partial charge is 0.343 e. The number of esters is 1. The van der Waals surface area contributed by atoms with E-state index in [0.717, 1.165) is 6.42 Å². The van der Waals surface area contributed by atoms with E-state index < -0.39 is 22.9 Å². The van der Waals surface area contributed by atoms with Crippen LogP contribution in [-0.2, 0) is 4.79 Å². The Morgan fingerprint density at radius 3 is 2.54 bits per heavy atom. The van der Waals surface area contributed by atoms with Gasteiger partial charge in [0.1, 0.15) is 11.5 Å². The lowest BCUT2D eigenvalue weighted by molar-refractivity contribution is -0.386. The zero-order valence-corrected chi connectivity index (χ0v) is 21.6. The van der Waals surface area contributed by atoms with Crippen LogP contribution in [0.15, 0.2) is 76.3 Å². The normalized spacial score (nSPS) is 11.5. The van der Waals surface area contributed by atoms with E-state index in [1.165, 1.54) is 31.3 Å². The summed E-state index contributed by atoms with van der Waals surface area (Å²) < 4.78 is 17.2. The Morgan fingerprint density at radius 2 is 1.84 bits per heavy atom. The minimum atomic E-state index is -1.07. The highest BCUT2D eigenvalue weighted by Gasteiger charge is 2.20. The molecule has 1 N–H and O–H groups in total. The highest BCUT2D eigenvalue weighted by Crippen LogP contribution is 2.27. The Hall–Kier alpha value is -4.25. The summed E-state index contributed by atoms with van der Waals surface area (Å²) in [6, 6.07) is 17.3. The summed E-state index contributed by atoms with van der Waals surface area (Å²) in [6.07, 6.45) is 1.12. The number of ether oxygens (including phenoxy) is 3. The van der Waals surface area contributed by atoms with E-state index in [4.69, 9.17) is 14.2 Å². The van der Waals surface area contributed by atoms with Crippen molar-refractivity contribution in [1.29, 1.82) is 0 Å². The maximum absolute atomic E-state index is 12.6. The number of hydrogen-bond donors (Lipinski definition) is 1. The van der Waals surface area contributed by atoms with Gasteiger partial charge < -0.3 is 14.2 Å². The van der Waals surface area contributed by atoms with Crippen molar-refractivity contribution < 1.29 is 28.7 Å². The number of nitrogens with one attached hydrogen (secondary N) is 1. The van der Waals surface area contributed by atoms with E-state index in [1.807, 2.05) is 6.92 Å². The molecule has 192 valence electrons. The summed E-state index contributed by atoms with van der Waals surface area (Å²) in [7, 11) is 0. The molecule has 0 spiro atoms. The summed E-state index contributed by atoms with van der Waals surface area (Å²) in [5, 5.41) is 15.1. The van der Waals surface area contributed by atoms with E-state index in [1.54, 1.807) is 48.5 Å². The zero-order valence-electron chi connectivity index (χ0n) is 20.0. The van der Waals surface area contributed by atoms with Crippen LogP contribution in [0, 0.1) is 10.1 Å². The number of hydrogen-bond acceptors (Lipinski definition) is 8. The molecule has 3 aromatic rings. The number of rotatable bonds is 11. The first-order valence-electron chi connectivity index (χ1n) is 11.3. The molecule has 0 saturated heterocycles. The third-order valence-electron chi connectivity index (χ3n) is 4.85. The van der Waals surface area contributed by atoms with Gasteiger partial charge in [0, 0.05) is 16.1 Å². The van der Waals surface area contributed by atoms with Gasteiger partial charge in [-0.3, -0.25) is 14.9 Å². The quantitative estimate of drug-likeness (QED) is 0.109. The molecule has 0 heterocycles. The van der Waals surface area contributed by atoms with Crippen molar-refractivity contribution in [3.63, 3.8) is 0 Å². The molecule has 0 aliphatic rings. The Balaban J connectivity index is 1.65. The first-order chi connectivity index (χ1) is 17.8. The average molecular weight is 570 g/mol. The average Bonchev–Trinajstić information content (AvgIpc) is 2.89. The number of carbonyl (C=O) groups is 2. The van der Waals surface area contributed by atoms with Crippen LogP contribution in [0.2, 0.25) is 0 Å². The van der Waals surface area contributed by atoms with Gasteiger partial charge in [-0.25, -0.2) is 10.2 Å². The summed E-state index contributed by atoms with van der Waals surface area (Å²) in [5.41, 5.74) is 2.82. The third-order valence-corrected chi connectivity index (χ3v) is 5.34. The number of para-hydroxylation sites is 2. The minimum Gasteiger partial charge on any atom is -0.494 e. The molecule has 1 amide bonds. The Labute approximate surface area is 221 Å². The van der Waals surface area contributed by atoms with Crippen molar-refractivity contribution in [2.75, 3.05) is 6.61 Å². The number of carbonyl (C=O) groups excluding carboxylic acids is 2. The highest BCUT2D eigenvalue weighted by atomic mass is 79.9. The number of benzene rings is 3. The molecule has 0 aliphatic carbocycles. The van der Waals surface area contributed by atoms with Crippen LogP contribution in [0.1, 0.15) is 36.2 Å². The maximum atomic E-state index is 12.6. The zero-order chi connectivity index (χ0) is 26.8. The molecule has 0 aromatic heterocycles. The second-order valence-corrected chi connectivity index (χ2v) is 8.58. The fourth-order valence-corrected chi connectivity index (χ4v) is 3.37. The number of nitro groups is 1. The van der Waals surface area contributed by atoms with Gasteiger partial charge in [0.15, 0.2) is 11.9 Å². The van der Waals surface area contributed by atoms with Crippen molar-refractivity contribution >= 4 is 39.7 Å². The molecule has 37 heavy (non-hydrogen) atoms. The lowest BCUT2D eigenvalue weighted by Gasteiger charge is -2.13. The van der Waals surface area contributed by atoms with Crippen molar-refractivity contribution in [2.24, 2.45) is 5.10 Å². The van der Waals surface area contributed by atoms with Crippen LogP contribution >= 0.6 is 15.9 Å². The van der Waals surface area contributed by atoms with Gasteiger partial charge >= 0.3 is 11.7 Å². The number of nitrogens with zero attached hydrogens (tertiary/aromatic N) is 2. The molecular weight excluding hydrogens is 546 g/mol. The molecule has 3 rings (SSSR count). The van der Waals surface area contributed by atoms with Crippen LogP contribution in [0.5, 0.6) is 17.2 Å². The number of hydrazone groups is 1. The van der Waals surface area contributed by atoms with E-state index in [-0.39, 0.29) is 17.2 Å². The fraction of sp³-hybridized carbons (Fsp3) is 0.192. The van der Waals surface area contributed by atoms with Crippen molar-refractivity contribution in [3.8, 4) is 17.2 Å². The van der Waals surface area contributed by atoms with Crippen LogP contribution in [-0.4, -0.2) is 35.7 Å². The second-order valence-electron chi connectivity index (χ2n) is 7.66. The molecule has 3 aromatic carbocycles. The minimum absolute atomic E-state index is 0.0368. The molecule has 1 atom stereocenters. The van der Waals surface area contributed by atoms with Crippen LogP contribution in [0.3, 0.4) is 0 Å². The largest absolute Gasteiger partial charge is 0.494 e. The summed E-state index contributed by atoms with van der Waals surface area (Å²) in [5.74, 6) is -0.361. The summed E-state index contributed by atoms with van der Waals surface area (Å²) >= 11 is 3.36. The van der Waals surface area contributed by atoms with Gasteiger partial charge in [-0.2, -0.15) is 5.10 Å². The van der Waals surface area contributed by atoms with Crippen molar-refractivity contribution in [3.05, 3.63) is 92.4 Å². The predicted molar refractivity (Wildman–Crippen MR) is 140 cm³/mol. The van der Waals surface area contributed by atoms with E-state index in [2.05, 4.69) is 26.5 Å². The van der Waals surface area contributed by atoms with Crippen LogP contribution in [0.4, 0.5) is 5.69 Å². The van der Waals surface area contributed by atoms with Crippen molar-refractivity contribution in [1.82, 2.24) is 5.43 Å². The summed E-state index contributed by atoms with van der Waals surface area (Å²) in [6.45, 7) is 4.02. The van der Waals surface area contributed by atoms with Gasteiger partial charge in [0.2, 0.25) is 0 Å². The molecule has 0 radical (unpaired) electrons. The SMILES string of the molecule is CCCOc1ccc(C(=O)Oc2ccc(Br)cc2/C=N/NC(=O)C(C)Oc2ccccc2[N+](=O)[O-])cc1. The Morgan fingerprint density at radius 1 is 1.11 bits per heavy atom. The lowest BCUT2D eigenvalue weighted by Crippen LogP contribution is -2.33. The first kappa shape index (κ1) is 27.3. The molecular formula is C26H24BrN3O7. The molecule has 0 fully saturated rings. The van der Waals surface area contributed by atoms with Gasteiger partial charge in [-0.15, -0.1) is 0 Å². The molecule has 1 unspecified atom stereocenters. The van der Waals surface area contributed by atoms with E-state index >= 15 is 0 Å². The number of nitro benzene ring substituents is 1. The van der Waals surface area contributed by atoms with Crippen LogP contribution in [0.25, 0.3) is 0 Å². The number of halogens is 1. The molecule has 10 nitrogen and oxygen atoms in total. The van der Waals surface area contributed by atoms with Gasteiger partial charge in [0.25, 0.3) is 5.91 Å². The van der Waals surface area contributed by atoms with E-state index in [0.29, 0.717) is 28.0 Å². The van der Waals surface area contributed by atoms with Gasteiger partial charge in [-0.1, -0.05) is 35.0 Å². The standard InChI is InChI=1S/C26H24BrN3O7/c1-3-14-35-21-11-8-18(9-12-21)26(32)37-23-13-10-20(27)15-19(23)16-28-29-25(31)17(2)36-24-7-5-4-6-22(24)30(33)34/h4-13,15-17H,3,14H2,1-2H3,(H,29,31)/b28-16+. The first-order valence-corrected chi connectivity index (χ1v) is 12.1. The molecule has 0 saturated carbocycles. The maximum Gasteiger partial charge on any atom is 0.343 e. The highest BCUT2D eigenvalue weighted by molar-refractivity contribution is 9.10. The molecule has 11 heteroatoms. The predicted octanol–water partition coefficient (Wildman–Crippen LogP) is 5.28.